The second kappa shape index (κ2) is 7.59. The fraction of sp³-hybridized carbons (Fsp3) is 0.391. The van der Waals surface area contributed by atoms with E-state index < -0.39 is 0 Å². The Labute approximate surface area is 170 Å². The minimum atomic E-state index is -0.246. The van der Waals surface area contributed by atoms with Crippen LogP contribution in [-0.4, -0.2) is 40.3 Å². The molecule has 2 saturated heterocycles. The fourth-order valence-corrected chi connectivity index (χ4v) is 5.03. The summed E-state index contributed by atoms with van der Waals surface area (Å²) in [7, 11) is 0. The molecule has 3 fully saturated rings. The third kappa shape index (κ3) is 3.53. The zero-order chi connectivity index (χ0) is 19.8. The van der Waals surface area contributed by atoms with Crippen molar-refractivity contribution in [2.45, 2.75) is 31.7 Å². The summed E-state index contributed by atoms with van der Waals surface area (Å²) in [6.07, 6.45) is 11.0. The van der Waals surface area contributed by atoms with Crippen molar-refractivity contribution in [3.05, 3.63) is 60.2 Å². The Morgan fingerprint density at radius 1 is 1.14 bits per heavy atom. The van der Waals surface area contributed by atoms with E-state index in [0.717, 1.165) is 23.4 Å². The van der Waals surface area contributed by atoms with E-state index in [4.69, 9.17) is 0 Å². The number of nitrogens with one attached hydrogen (secondary N) is 1. The van der Waals surface area contributed by atoms with Gasteiger partial charge in [0.1, 0.15) is 5.82 Å². The van der Waals surface area contributed by atoms with Crippen molar-refractivity contribution < 1.29 is 9.18 Å². The molecule has 3 heterocycles. The van der Waals surface area contributed by atoms with Gasteiger partial charge in [0.25, 0.3) is 0 Å². The van der Waals surface area contributed by atoms with Gasteiger partial charge in [-0.3, -0.25) is 9.99 Å². The van der Waals surface area contributed by atoms with Crippen molar-refractivity contribution in [1.29, 1.82) is 0 Å². The minimum absolute atomic E-state index is 0.0185. The molecule has 1 aromatic heterocycles. The number of rotatable bonds is 3. The molecule has 0 radical (unpaired) electrons. The molecular weight excluding hydrogens is 367 g/mol. The molecule has 2 aromatic rings. The zero-order valence-corrected chi connectivity index (χ0v) is 16.3. The van der Waals surface area contributed by atoms with Crippen LogP contribution in [0.15, 0.2) is 48.7 Å². The largest absolute Gasteiger partial charge is 0.333 e. The average molecular weight is 392 g/mol. The first-order chi connectivity index (χ1) is 14.2. The van der Waals surface area contributed by atoms with Crippen molar-refractivity contribution in [1.82, 2.24) is 20.3 Å². The van der Waals surface area contributed by atoms with Crippen LogP contribution in [0.4, 0.5) is 9.18 Å². The number of urea groups is 1. The fourth-order valence-electron chi connectivity index (χ4n) is 5.03. The summed E-state index contributed by atoms with van der Waals surface area (Å²) in [5.74, 6) is 0.904. The van der Waals surface area contributed by atoms with E-state index in [9.17, 15) is 9.18 Å². The van der Waals surface area contributed by atoms with E-state index in [1.807, 2.05) is 23.2 Å². The maximum absolute atomic E-state index is 13.5. The lowest BCUT2D eigenvalue weighted by Gasteiger charge is -2.48. The normalized spacial score (nSPS) is 27.0. The van der Waals surface area contributed by atoms with Crippen LogP contribution < -0.4 is 5.32 Å². The van der Waals surface area contributed by atoms with Crippen LogP contribution in [-0.2, 0) is 0 Å². The monoisotopic (exact) mass is 392 g/mol. The molecule has 2 amide bonds. The summed E-state index contributed by atoms with van der Waals surface area (Å²) in [6.45, 7) is 1.41. The van der Waals surface area contributed by atoms with Gasteiger partial charge >= 0.3 is 6.03 Å². The van der Waals surface area contributed by atoms with Crippen molar-refractivity contribution in [3.63, 3.8) is 0 Å². The van der Waals surface area contributed by atoms with Crippen molar-refractivity contribution >= 4 is 12.1 Å². The molecule has 3 aliphatic rings. The Kier molecular flexibility index (Phi) is 4.79. The first-order valence-electron chi connectivity index (χ1n) is 10.4. The molecule has 1 aliphatic carbocycles. The molecule has 5 rings (SSSR count). The van der Waals surface area contributed by atoms with Crippen LogP contribution in [0.3, 0.4) is 0 Å². The lowest BCUT2D eigenvalue weighted by atomic mass is 9.73. The van der Waals surface area contributed by atoms with Crippen LogP contribution in [0.25, 0.3) is 17.2 Å². The third-order valence-corrected chi connectivity index (χ3v) is 6.50. The van der Waals surface area contributed by atoms with E-state index in [1.165, 1.54) is 37.8 Å². The van der Waals surface area contributed by atoms with Gasteiger partial charge in [-0.2, -0.15) is 5.01 Å². The standard InChI is InChI=1S/C23H25FN4O/c24-19-6-3-5-16(12-19)17-8-9-20(25-13-17)10-11-22-21-7-2-1-4-18(21)14-27-23(29)26-15-28(22)27/h3,5-6,8-13,18,21-22H,1-2,4,7,14-15H2,(H,26,29). The maximum Gasteiger partial charge on any atom is 0.333 e. The highest BCUT2D eigenvalue weighted by atomic mass is 19.1. The number of benzene rings is 1. The van der Waals surface area contributed by atoms with Crippen LogP contribution in [0.1, 0.15) is 31.4 Å². The number of pyridine rings is 1. The molecule has 6 heteroatoms. The van der Waals surface area contributed by atoms with E-state index in [1.54, 1.807) is 12.3 Å². The number of amides is 2. The molecule has 5 nitrogen and oxygen atoms in total. The highest BCUT2D eigenvalue weighted by molar-refractivity contribution is 5.75. The number of carbonyl (C=O) groups is 1. The molecule has 0 bridgehead atoms. The number of hydrazine groups is 1. The van der Waals surface area contributed by atoms with Gasteiger partial charge in [0.05, 0.1) is 18.4 Å². The predicted molar refractivity (Wildman–Crippen MR) is 110 cm³/mol. The second-order valence-electron chi connectivity index (χ2n) is 8.20. The highest BCUT2D eigenvalue weighted by Crippen LogP contribution is 2.40. The molecule has 3 atom stereocenters. The number of hydrogen-bond acceptors (Lipinski definition) is 3. The number of carbonyl (C=O) groups excluding carboxylic acids is 1. The molecule has 3 unspecified atom stereocenters. The van der Waals surface area contributed by atoms with Gasteiger partial charge in [0.2, 0.25) is 0 Å². The molecule has 1 saturated carbocycles. The summed E-state index contributed by atoms with van der Waals surface area (Å²) in [5.41, 5.74) is 2.59. The summed E-state index contributed by atoms with van der Waals surface area (Å²) < 4.78 is 13.5. The van der Waals surface area contributed by atoms with E-state index >= 15 is 0 Å². The van der Waals surface area contributed by atoms with E-state index in [0.29, 0.717) is 18.5 Å². The van der Waals surface area contributed by atoms with Crippen LogP contribution in [0.5, 0.6) is 0 Å². The molecule has 2 aliphatic heterocycles. The average Bonchev–Trinajstić information content (AvgIpc) is 3.12. The summed E-state index contributed by atoms with van der Waals surface area (Å²) in [4.78, 5) is 16.8. The molecule has 1 N–H and O–H groups in total. The number of aromatic nitrogens is 1. The van der Waals surface area contributed by atoms with Gasteiger partial charge in [-0.15, -0.1) is 0 Å². The summed E-state index contributed by atoms with van der Waals surface area (Å²) in [5, 5.41) is 7.03. The molecular formula is C23H25FN4O. The van der Waals surface area contributed by atoms with Crippen molar-refractivity contribution in [2.75, 3.05) is 13.2 Å². The Hall–Kier alpha value is -2.73. The minimum Gasteiger partial charge on any atom is -0.322 e. The smallest absolute Gasteiger partial charge is 0.322 e. The van der Waals surface area contributed by atoms with Crippen LogP contribution in [0.2, 0.25) is 0 Å². The predicted octanol–water partition coefficient (Wildman–Crippen LogP) is 4.29. The number of halogens is 1. The number of nitrogens with zero attached hydrogens (tertiary/aromatic N) is 3. The second-order valence-corrected chi connectivity index (χ2v) is 8.20. The topological polar surface area (TPSA) is 48.5 Å². The number of hydrogen-bond donors (Lipinski definition) is 1. The van der Waals surface area contributed by atoms with Gasteiger partial charge < -0.3 is 5.32 Å². The number of fused-ring (bicyclic) bond motifs is 2. The quantitative estimate of drug-likeness (QED) is 0.848. The van der Waals surface area contributed by atoms with Crippen LogP contribution in [0, 0.1) is 17.7 Å². The van der Waals surface area contributed by atoms with Gasteiger partial charge in [-0.25, -0.2) is 9.18 Å². The Morgan fingerprint density at radius 2 is 2.03 bits per heavy atom. The Bertz CT molecular complexity index is 929. The molecule has 0 spiro atoms. The van der Waals surface area contributed by atoms with Gasteiger partial charge in [-0.1, -0.05) is 37.1 Å². The lowest BCUT2D eigenvalue weighted by Crippen LogP contribution is -2.57. The molecule has 29 heavy (non-hydrogen) atoms. The van der Waals surface area contributed by atoms with Crippen molar-refractivity contribution in [2.24, 2.45) is 11.8 Å². The summed E-state index contributed by atoms with van der Waals surface area (Å²) >= 11 is 0. The highest BCUT2D eigenvalue weighted by Gasteiger charge is 2.46. The summed E-state index contributed by atoms with van der Waals surface area (Å²) in [6, 6.07) is 10.7. The SMILES string of the molecule is O=C1NCN2C(C=Cc3ccc(-c4cccc(F)c4)cn3)C3CCCCC3CN12. The van der Waals surface area contributed by atoms with E-state index in [-0.39, 0.29) is 17.9 Å². The zero-order valence-electron chi connectivity index (χ0n) is 16.3. The van der Waals surface area contributed by atoms with Crippen molar-refractivity contribution in [3.8, 4) is 11.1 Å². The van der Waals surface area contributed by atoms with Gasteiger partial charge in [0.15, 0.2) is 0 Å². The Balaban J connectivity index is 1.37. The lowest BCUT2D eigenvalue weighted by molar-refractivity contribution is -0.0741. The first-order valence-corrected chi connectivity index (χ1v) is 10.4. The Morgan fingerprint density at radius 3 is 2.86 bits per heavy atom. The first kappa shape index (κ1) is 18.3. The van der Waals surface area contributed by atoms with Gasteiger partial charge in [0, 0.05) is 18.3 Å². The van der Waals surface area contributed by atoms with Gasteiger partial charge in [-0.05, 0) is 54.5 Å². The maximum atomic E-state index is 13.5. The third-order valence-electron chi connectivity index (χ3n) is 6.50. The molecule has 1 aromatic carbocycles. The van der Waals surface area contributed by atoms with Crippen LogP contribution >= 0.6 is 0 Å². The van der Waals surface area contributed by atoms with E-state index in [2.05, 4.69) is 27.5 Å². The molecule has 150 valence electrons.